The molecule has 5 heteroatoms. The van der Waals surface area contributed by atoms with Crippen molar-refractivity contribution in [3.8, 4) is 0 Å². The predicted molar refractivity (Wildman–Crippen MR) is 111 cm³/mol. The lowest BCUT2D eigenvalue weighted by molar-refractivity contribution is -0.120. The second-order valence-corrected chi connectivity index (χ2v) is 9.25. The van der Waals surface area contributed by atoms with E-state index in [4.69, 9.17) is 5.10 Å². The van der Waals surface area contributed by atoms with E-state index in [1.165, 1.54) is 0 Å². The van der Waals surface area contributed by atoms with Gasteiger partial charge < -0.3 is 0 Å². The number of ketones is 1. The minimum atomic E-state index is -1.18. The van der Waals surface area contributed by atoms with Crippen LogP contribution in [0.25, 0.3) is 0 Å². The fourth-order valence-electron chi connectivity index (χ4n) is 3.99. The first-order chi connectivity index (χ1) is 12.5. The van der Waals surface area contributed by atoms with Crippen molar-refractivity contribution in [3.63, 3.8) is 0 Å². The fraction of sp³-hybridized carbons (Fsp3) is 0.773. The van der Waals surface area contributed by atoms with Gasteiger partial charge in [0, 0.05) is 37.1 Å². The van der Waals surface area contributed by atoms with Gasteiger partial charge >= 0.3 is 0 Å². The van der Waals surface area contributed by atoms with Crippen LogP contribution in [0.3, 0.4) is 0 Å². The Hall–Kier alpha value is -1.52. The van der Waals surface area contributed by atoms with E-state index in [2.05, 4.69) is 25.4 Å². The number of hydrogen-bond acceptors (Lipinski definition) is 3. The van der Waals surface area contributed by atoms with Crippen LogP contribution in [0, 0.1) is 11.8 Å². The summed E-state index contributed by atoms with van der Waals surface area (Å²) in [6, 6.07) is 0.209. The second-order valence-electron chi connectivity index (χ2n) is 9.25. The first-order valence-electron chi connectivity index (χ1n) is 10.3. The smallest absolute Gasteiger partial charge is 0.133 e. The predicted octanol–water partition coefficient (Wildman–Crippen LogP) is 5.68. The molecule has 1 fully saturated rings. The van der Waals surface area contributed by atoms with E-state index in [-0.39, 0.29) is 6.04 Å². The van der Waals surface area contributed by atoms with Crippen LogP contribution in [0.15, 0.2) is 22.4 Å². The normalized spacial score (nSPS) is 27.6. The molecule has 27 heavy (non-hydrogen) atoms. The van der Waals surface area contributed by atoms with Gasteiger partial charge in [-0.25, -0.2) is 14.4 Å². The van der Waals surface area contributed by atoms with Crippen molar-refractivity contribution in [2.75, 3.05) is 0 Å². The maximum atomic E-state index is 13.8. The van der Waals surface area contributed by atoms with E-state index in [1.54, 1.807) is 13.8 Å². The summed E-state index contributed by atoms with van der Waals surface area (Å²) in [6.07, 6.45) is 6.22. The summed E-state index contributed by atoms with van der Waals surface area (Å²) in [5.74, 6) is 2.06. The Labute approximate surface area is 164 Å². The SMILES string of the molecule is C=C(C)N=C(CC1CCC(C)CC(=O)C1)N1N=C(CCC(C)(C)F)CC1C. The Morgan fingerprint density at radius 1 is 1.30 bits per heavy atom. The molecule has 2 aliphatic rings. The van der Waals surface area contributed by atoms with E-state index in [0.717, 1.165) is 42.9 Å². The van der Waals surface area contributed by atoms with Crippen LogP contribution in [0.2, 0.25) is 0 Å². The number of hydrazone groups is 1. The van der Waals surface area contributed by atoms with E-state index < -0.39 is 5.67 Å². The maximum absolute atomic E-state index is 13.8. The molecule has 3 unspecified atom stereocenters. The molecular formula is C22H36FN3O. The molecule has 2 rings (SSSR count). The van der Waals surface area contributed by atoms with Crippen LogP contribution >= 0.6 is 0 Å². The molecule has 1 aliphatic heterocycles. The molecule has 0 saturated heterocycles. The van der Waals surface area contributed by atoms with Crippen molar-refractivity contribution in [1.82, 2.24) is 5.01 Å². The maximum Gasteiger partial charge on any atom is 0.133 e. The van der Waals surface area contributed by atoms with Crippen molar-refractivity contribution >= 4 is 17.3 Å². The molecule has 4 nitrogen and oxygen atoms in total. The van der Waals surface area contributed by atoms with Gasteiger partial charge in [-0.2, -0.15) is 5.10 Å². The van der Waals surface area contributed by atoms with Gasteiger partial charge in [0.25, 0.3) is 0 Å². The lowest BCUT2D eigenvalue weighted by Crippen LogP contribution is -2.32. The Bertz CT molecular complexity index is 618. The van der Waals surface area contributed by atoms with Crippen LogP contribution in [-0.4, -0.2) is 34.1 Å². The Kier molecular flexibility index (Phi) is 7.35. The van der Waals surface area contributed by atoms with Gasteiger partial charge in [0.15, 0.2) is 0 Å². The summed E-state index contributed by atoms with van der Waals surface area (Å²) in [5, 5.41) is 6.77. The zero-order valence-electron chi connectivity index (χ0n) is 17.7. The molecular weight excluding hydrogens is 341 g/mol. The molecule has 1 saturated carbocycles. The molecule has 1 heterocycles. The number of carbonyl (C=O) groups is 1. The van der Waals surface area contributed by atoms with Crippen LogP contribution in [0.4, 0.5) is 4.39 Å². The van der Waals surface area contributed by atoms with Crippen LogP contribution in [0.1, 0.15) is 86.0 Å². The van der Waals surface area contributed by atoms with Gasteiger partial charge in [-0.05, 0) is 65.2 Å². The largest absolute Gasteiger partial charge is 0.300 e. The third kappa shape index (κ3) is 7.19. The number of hydrogen-bond donors (Lipinski definition) is 0. The van der Waals surface area contributed by atoms with Gasteiger partial charge in [0.1, 0.15) is 17.3 Å². The number of Topliss-reactive ketones (excluding diaryl/α,β-unsaturated/α-hetero) is 1. The quantitative estimate of drug-likeness (QED) is 0.339. The molecule has 0 amide bonds. The molecule has 152 valence electrons. The fourth-order valence-corrected chi connectivity index (χ4v) is 3.99. The molecule has 0 N–H and O–H groups in total. The van der Waals surface area contributed by atoms with E-state index in [0.29, 0.717) is 43.3 Å². The number of rotatable bonds is 6. The van der Waals surface area contributed by atoms with Gasteiger partial charge in [-0.3, -0.25) is 4.79 Å². The highest BCUT2D eigenvalue weighted by Crippen LogP contribution is 2.30. The highest BCUT2D eigenvalue weighted by molar-refractivity contribution is 5.92. The van der Waals surface area contributed by atoms with Crippen molar-refractivity contribution in [1.29, 1.82) is 0 Å². The lowest BCUT2D eigenvalue weighted by atomic mass is 9.94. The molecule has 0 aromatic heterocycles. The van der Waals surface area contributed by atoms with Gasteiger partial charge in [-0.15, -0.1) is 0 Å². The van der Waals surface area contributed by atoms with Crippen molar-refractivity contribution < 1.29 is 9.18 Å². The monoisotopic (exact) mass is 377 g/mol. The van der Waals surface area contributed by atoms with Crippen molar-refractivity contribution in [2.24, 2.45) is 21.9 Å². The molecule has 0 aromatic rings. The van der Waals surface area contributed by atoms with Gasteiger partial charge in [0.05, 0.1) is 6.04 Å². The van der Waals surface area contributed by atoms with E-state index >= 15 is 0 Å². The standard InChI is InChI=1S/C22H36FN3O/c1-15(2)24-21(14-18-8-7-16(3)11-20(27)13-18)26-17(4)12-19(25-26)9-10-22(5,6)23/h16-18H,1,7-14H2,2-6H3. The van der Waals surface area contributed by atoms with Crippen LogP contribution in [-0.2, 0) is 4.79 Å². The minimum absolute atomic E-state index is 0.209. The lowest BCUT2D eigenvalue weighted by Gasteiger charge is -2.25. The Morgan fingerprint density at radius 2 is 2.00 bits per heavy atom. The van der Waals surface area contributed by atoms with Crippen LogP contribution < -0.4 is 0 Å². The molecule has 0 radical (unpaired) electrons. The first kappa shape index (κ1) is 21.8. The van der Waals surface area contributed by atoms with Crippen molar-refractivity contribution in [3.05, 3.63) is 12.3 Å². The van der Waals surface area contributed by atoms with E-state index in [9.17, 15) is 9.18 Å². The number of carbonyl (C=O) groups excluding carboxylic acids is 1. The zero-order valence-corrected chi connectivity index (χ0v) is 17.7. The average molecular weight is 378 g/mol. The number of allylic oxidation sites excluding steroid dienone is 1. The molecule has 0 spiro atoms. The average Bonchev–Trinajstić information content (AvgIpc) is 2.81. The number of alkyl halides is 1. The topological polar surface area (TPSA) is 45.0 Å². The number of amidine groups is 1. The van der Waals surface area contributed by atoms with E-state index in [1.807, 2.05) is 11.9 Å². The Balaban J connectivity index is 2.12. The third-order valence-corrected chi connectivity index (χ3v) is 5.42. The van der Waals surface area contributed by atoms with Crippen molar-refractivity contribution in [2.45, 2.75) is 97.7 Å². The number of halogens is 1. The molecule has 3 atom stereocenters. The zero-order chi connectivity index (χ0) is 20.2. The first-order valence-corrected chi connectivity index (χ1v) is 10.3. The Morgan fingerprint density at radius 3 is 2.63 bits per heavy atom. The molecule has 0 bridgehead atoms. The van der Waals surface area contributed by atoms with Gasteiger partial charge in [0.2, 0.25) is 0 Å². The summed E-state index contributed by atoms with van der Waals surface area (Å²) >= 11 is 0. The minimum Gasteiger partial charge on any atom is -0.300 e. The van der Waals surface area contributed by atoms with Crippen LogP contribution in [0.5, 0.6) is 0 Å². The summed E-state index contributed by atoms with van der Waals surface area (Å²) in [5.41, 5.74) is 0.609. The highest BCUT2D eigenvalue weighted by atomic mass is 19.1. The summed E-state index contributed by atoms with van der Waals surface area (Å²) in [6.45, 7) is 13.3. The number of aliphatic imine (C=N–C) groups is 1. The molecule has 0 aromatic carbocycles. The molecule has 1 aliphatic carbocycles. The summed E-state index contributed by atoms with van der Waals surface area (Å²) < 4.78 is 13.8. The summed E-state index contributed by atoms with van der Waals surface area (Å²) in [4.78, 5) is 16.9. The summed E-state index contributed by atoms with van der Waals surface area (Å²) in [7, 11) is 0. The van der Waals surface area contributed by atoms with Gasteiger partial charge in [-0.1, -0.05) is 13.5 Å². The highest BCUT2D eigenvalue weighted by Gasteiger charge is 2.30. The number of nitrogens with zero attached hydrogens (tertiary/aromatic N) is 3. The third-order valence-electron chi connectivity index (χ3n) is 5.42. The second kappa shape index (κ2) is 9.11.